The topological polar surface area (TPSA) is 38.3 Å². The molecule has 1 N–H and O–H groups in total. The molecule has 2 rings (SSSR count). The Morgan fingerprint density at radius 2 is 2.67 bits per heavy atom. The Labute approximate surface area is 74.4 Å². The van der Waals surface area contributed by atoms with Gasteiger partial charge in [0.05, 0.1) is 6.04 Å². The number of thiophene rings is 1. The fraction of sp³-hybridized carbons (Fsp3) is 0.375. The predicted octanol–water partition coefficient (Wildman–Crippen LogP) is 1.40. The van der Waals surface area contributed by atoms with Gasteiger partial charge < -0.3 is 10.1 Å². The number of rotatable bonds is 2. The maximum absolute atomic E-state index is 10.7. The molecule has 1 aromatic rings. The summed E-state index contributed by atoms with van der Waals surface area (Å²) in [6, 6.07) is 4.24. The average Bonchev–Trinajstić information content (AvgIpc) is 2.63. The lowest BCUT2D eigenvalue weighted by atomic mass is 10.2. The summed E-state index contributed by atoms with van der Waals surface area (Å²) in [5, 5.41) is 4.77. The Morgan fingerprint density at radius 3 is 3.25 bits per heavy atom. The summed E-state index contributed by atoms with van der Waals surface area (Å²) in [5.41, 5.74) is 0. The molecule has 2 heterocycles. The Morgan fingerprint density at radius 1 is 1.75 bits per heavy atom. The van der Waals surface area contributed by atoms with Crippen LogP contribution in [-0.2, 0) is 11.2 Å². The van der Waals surface area contributed by atoms with Gasteiger partial charge >= 0.3 is 6.09 Å². The fourth-order valence-electron chi connectivity index (χ4n) is 1.21. The van der Waals surface area contributed by atoms with E-state index in [0.29, 0.717) is 6.61 Å². The second kappa shape index (κ2) is 3.15. The highest BCUT2D eigenvalue weighted by molar-refractivity contribution is 7.09. The van der Waals surface area contributed by atoms with Crippen molar-refractivity contribution in [2.24, 2.45) is 0 Å². The second-order valence-electron chi connectivity index (χ2n) is 2.72. The zero-order chi connectivity index (χ0) is 8.39. The van der Waals surface area contributed by atoms with E-state index in [0.717, 1.165) is 6.42 Å². The van der Waals surface area contributed by atoms with Crippen LogP contribution in [0.2, 0.25) is 0 Å². The van der Waals surface area contributed by atoms with Crippen LogP contribution in [0.5, 0.6) is 0 Å². The van der Waals surface area contributed by atoms with E-state index in [2.05, 4.69) is 11.4 Å². The van der Waals surface area contributed by atoms with Crippen LogP contribution < -0.4 is 5.32 Å². The lowest BCUT2D eigenvalue weighted by Gasteiger charge is -2.03. The molecule has 1 saturated heterocycles. The van der Waals surface area contributed by atoms with Crippen LogP contribution >= 0.6 is 11.3 Å². The Bertz CT molecular complexity index is 271. The molecule has 12 heavy (non-hydrogen) atoms. The number of carbonyl (C=O) groups is 1. The minimum absolute atomic E-state index is 0.163. The van der Waals surface area contributed by atoms with Gasteiger partial charge in [0, 0.05) is 11.3 Å². The molecule has 1 aromatic heterocycles. The molecule has 0 saturated carbocycles. The minimum Gasteiger partial charge on any atom is -0.447 e. The molecule has 0 aliphatic carbocycles. The van der Waals surface area contributed by atoms with Crippen molar-refractivity contribution in [1.82, 2.24) is 5.32 Å². The van der Waals surface area contributed by atoms with Crippen molar-refractivity contribution in [3.8, 4) is 0 Å². The molecule has 1 atom stereocenters. The first-order chi connectivity index (χ1) is 5.84. The lowest BCUT2D eigenvalue weighted by Crippen LogP contribution is -2.27. The molecule has 1 fully saturated rings. The third kappa shape index (κ3) is 1.58. The van der Waals surface area contributed by atoms with Crippen molar-refractivity contribution in [2.75, 3.05) is 6.61 Å². The third-order valence-corrected chi connectivity index (χ3v) is 2.66. The maximum atomic E-state index is 10.7. The van der Waals surface area contributed by atoms with Gasteiger partial charge in [-0.05, 0) is 11.4 Å². The standard InChI is InChI=1S/C8H9NO2S/c10-8-9-6(5-11-8)4-7-2-1-3-12-7/h1-3,6H,4-5H2,(H,9,10). The molecule has 1 aliphatic heterocycles. The van der Waals surface area contributed by atoms with Crippen molar-refractivity contribution in [3.63, 3.8) is 0 Å². The molecule has 0 bridgehead atoms. The first-order valence-electron chi connectivity index (χ1n) is 3.80. The number of cyclic esters (lactones) is 1. The summed E-state index contributed by atoms with van der Waals surface area (Å²) in [5.74, 6) is 0. The molecule has 1 amide bonds. The zero-order valence-corrected chi connectivity index (χ0v) is 7.26. The number of hydrogen-bond donors (Lipinski definition) is 1. The Kier molecular flexibility index (Phi) is 1.99. The van der Waals surface area contributed by atoms with E-state index in [1.165, 1.54) is 4.88 Å². The molecule has 0 spiro atoms. The normalized spacial score (nSPS) is 22.0. The first kappa shape index (κ1) is 7.61. The van der Waals surface area contributed by atoms with Gasteiger partial charge in [-0.3, -0.25) is 0 Å². The number of alkyl carbamates (subject to hydrolysis) is 1. The summed E-state index contributed by atoms with van der Waals surface area (Å²) in [7, 11) is 0. The average molecular weight is 183 g/mol. The van der Waals surface area contributed by atoms with Crippen molar-refractivity contribution in [2.45, 2.75) is 12.5 Å². The predicted molar refractivity (Wildman–Crippen MR) is 46.3 cm³/mol. The van der Waals surface area contributed by atoms with Crippen molar-refractivity contribution < 1.29 is 9.53 Å². The summed E-state index contributed by atoms with van der Waals surface area (Å²) in [6.07, 6.45) is 0.584. The van der Waals surface area contributed by atoms with Gasteiger partial charge in [0.25, 0.3) is 0 Å². The van der Waals surface area contributed by atoms with Crippen LogP contribution in [0.15, 0.2) is 17.5 Å². The zero-order valence-electron chi connectivity index (χ0n) is 6.45. The van der Waals surface area contributed by atoms with Gasteiger partial charge in [0.2, 0.25) is 0 Å². The summed E-state index contributed by atoms with van der Waals surface area (Å²) in [4.78, 5) is 11.9. The summed E-state index contributed by atoms with van der Waals surface area (Å²) in [6.45, 7) is 0.497. The van der Waals surface area contributed by atoms with Crippen LogP contribution in [0.1, 0.15) is 4.88 Å². The Balaban J connectivity index is 1.92. The monoisotopic (exact) mass is 183 g/mol. The SMILES string of the molecule is O=C1NC(Cc2cccs2)CO1. The number of nitrogens with one attached hydrogen (secondary N) is 1. The molecule has 4 heteroatoms. The number of amides is 1. The quantitative estimate of drug-likeness (QED) is 0.752. The molecule has 1 unspecified atom stereocenters. The smallest absolute Gasteiger partial charge is 0.407 e. The molecule has 0 radical (unpaired) electrons. The van der Waals surface area contributed by atoms with Crippen LogP contribution in [-0.4, -0.2) is 18.7 Å². The molecule has 1 aliphatic rings. The highest BCUT2D eigenvalue weighted by atomic mass is 32.1. The molecular formula is C8H9NO2S. The van der Waals surface area contributed by atoms with E-state index >= 15 is 0 Å². The lowest BCUT2D eigenvalue weighted by molar-refractivity contribution is 0.177. The second-order valence-corrected chi connectivity index (χ2v) is 3.76. The van der Waals surface area contributed by atoms with Gasteiger partial charge in [-0.2, -0.15) is 0 Å². The molecule has 3 nitrogen and oxygen atoms in total. The van der Waals surface area contributed by atoms with E-state index in [1.54, 1.807) is 11.3 Å². The fourth-order valence-corrected chi connectivity index (χ4v) is 1.99. The number of hydrogen-bond acceptors (Lipinski definition) is 3. The van der Waals surface area contributed by atoms with Crippen LogP contribution in [0.25, 0.3) is 0 Å². The largest absolute Gasteiger partial charge is 0.447 e. The van der Waals surface area contributed by atoms with E-state index < -0.39 is 0 Å². The van der Waals surface area contributed by atoms with Crippen molar-refractivity contribution in [1.29, 1.82) is 0 Å². The third-order valence-electron chi connectivity index (χ3n) is 1.77. The van der Waals surface area contributed by atoms with Crippen LogP contribution in [0.3, 0.4) is 0 Å². The number of carbonyl (C=O) groups excluding carboxylic acids is 1. The van der Waals surface area contributed by atoms with Crippen LogP contribution in [0, 0.1) is 0 Å². The van der Waals surface area contributed by atoms with Gasteiger partial charge in [0.15, 0.2) is 0 Å². The van der Waals surface area contributed by atoms with Crippen molar-refractivity contribution in [3.05, 3.63) is 22.4 Å². The van der Waals surface area contributed by atoms with Crippen molar-refractivity contribution >= 4 is 17.4 Å². The molecule has 64 valence electrons. The summed E-state index contributed by atoms with van der Waals surface area (Å²) >= 11 is 1.70. The van der Waals surface area contributed by atoms with Gasteiger partial charge in [-0.25, -0.2) is 4.79 Å². The number of ether oxygens (including phenoxy) is 1. The van der Waals surface area contributed by atoms with E-state index in [-0.39, 0.29) is 12.1 Å². The maximum Gasteiger partial charge on any atom is 0.407 e. The highest BCUT2D eigenvalue weighted by Gasteiger charge is 2.22. The molecule has 0 aromatic carbocycles. The van der Waals surface area contributed by atoms with Gasteiger partial charge in [0.1, 0.15) is 6.61 Å². The first-order valence-corrected chi connectivity index (χ1v) is 4.68. The van der Waals surface area contributed by atoms with Gasteiger partial charge in [-0.1, -0.05) is 6.07 Å². The summed E-state index contributed by atoms with van der Waals surface area (Å²) < 4.78 is 4.77. The highest BCUT2D eigenvalue weighted by Crippen LogP contribution is 2.13. The Hall–Kier alpha value is -1.03. The van der Waals surface area contributed by atoms with Gasteiger partial charge in [-0.15, -0.1) is 11.3 Å². The van der Waals surface area contributed by atoms with E-state index in [1.807, 2.05) is 11.4 Å². The molecular weight excluding hydrogens is 174 g/mol. The van der Waals surface area contributed by atoms with E-state index in [4.69, 9.17) is 4.74 Å². The minimum atomic E-state index is -0.295. The van der Waals surface area contributed by atoms with E-state index in [9.17, 15) is 4.79 Å². The van der Waals surface area contributed by atoms with Crippen LogP contribution in [0.4, 0.5) is 4.79 Å².